The molecule has 0 aliphatic rings. The van der Waals surface area contributed by atoms with Crippen LogP contribution in [-0.2, 0) is 0 Å². The zero-order valence-electron chi connectivity index (χ0n) is 12.8. The number of anilines is 2. The van der Waals surface area contributed by atoms with E-state index in [0.717, 1.165) is 9.80 Å². The number of hydrogen-bond donors (Lipinski definition) is 0. The van der Waals surface area contributed by atoms with Crippen LogP contribution in [0.1, 0.15) is 12.8 Å². The van der Waals surface area contributed by atoms with E-state index in [-0.39, 0.29) is 13.1 Å². The Kier molecular flexibility index (Phi) is 6.46. The quantitative estimate of drug-likeness (QED) is 0.401. The average molecular weight is 316 g/mol. The van der Waals surface area contributed by atoms with Crippen LogP contribution < -0.4 is 9.80 Å². The maximum absolute atomic E-state index is 14.2. The minimum atomic E-state index is -1.40. The van der Waals surface area contributed by atoms with Crippen molar-refractivity contribution in [2.45, 2.75) is 12.8 Å². The van der Waals surface area contributed by atoms with Gasteiger partial charge in [0.05, 0.1) is 0 Å². The van der Waals surface area contributed by atoms with E-state index in [0.29, 0.717) is 12.8 Å². The summed E-state index contributed by atoms with van der Waals surface area (Å²) in [5.41, 5.74) is -1.42. The highest BCUT2D eigenvalue weighted by molar-refractivity contribution is 5.60. The topological polar surface area (TPSA) is 6.48 Å². The van der Waals surface area contributed by atoms with Crippen LogP contribution in [0.5, 0.6) is 0 Å². The van der Waals surface area contributed by atoms with Crippen molar-refractivity contribution in [3.63, 3.8) is 0 Å². The van der Waals surface area contributed by atoms with E-state index in [9.17, 15) is 17.6 Å². The summed E-state index contributed by atoms with van der Waals surface area (Å²) in [7, 11) is 2.73. The number of benzene rings is 1. The van der Waals surface area contributed by atoms with Gasteiger partial charge >= 0.3 is 0 Å². The summed E-state index contributed by atoms with van der Waals surface area (Å²) >= 11 is 0. The van der Waals surface area contributed by atoms with E-state index in [1.54, 1.807) is 12.2 Å². The lowest BCUT2D eigenvalue weighted by atomic mass is 10.2. The van der Waals surface area contributed by atoms with Crippen LogP contribution in [0.4, 0.5) is 28.9 Å². The Hall–Kier alpha value is -1.98. The van der Waals surface area contributed by atoms with Gasteiger partial charge in [-0.1, -0.05) is 12.2 Å². The monoisotopic (exact) mass is 316 g/mol. The molecule has 0 atom stereocenters. The molecular weight excluding hydrogens is 296 g/mol. The molecule has 0 fully saturated rings. The first-order valence-corrected chi connectivity index (χ1v) is 6.86. The van der Waals surface area contributed by atoms with Crippen LogP contribution in [0.3, 0.4) is 0 Å². The molecule has 2 nitrogen and oxygen atoms in total. The summed E-state index contributed by atoms with van der Waals surface area (Å²) in [5, 5.41) is 0. The fourth-order valence-corrected chi connectivity index (χ4v) is 2.07. The molecule has 0 spiro atoms. The van der Waals surface area contributed by atoms with Crippen LogP contribution in [0.25, 0.3) is 0 Å². The van der Waals surface area contributed by atoms with E-state index < -0.39 is 34.6 Å². The third-order valence-corrected chi connectivity index (χ3v) is 3.32. The predicted molar refractivity (Wildman–Crippen MR) is 82.4 cm³/mol. The molecule has 0 N–H and O–H groups in total. The standard InChI is InChI=1S/C16H20F4N2/c1-5-7-9-21(3)15-11(17)13(19)16(14(20)12(15)18)22(4)10-8-6-2/h5-6H,1-2,7-10H2,3-4H3. The van der Waals surface area contributed by atoms with E-state index in [1.807, 2.05) is 0 Å². The van der Waals surface area contributed by atoms with Crippen molar-refractivity contribution in [3.8, 4) is 0 Å². The van der Waals surface area contributed by atoms with Gasteiger partial charge in [-0.2, -0.15) is 0 Å². The molecule has 122 valence electrons. The molecule has 0 radical (unpaired) electrons. The molecule has 0 aliphatic carbocycles. The molecule has 0 amide bonds. The Morgan fingerprint density at radius 3 is 1.23 bits per heavy atom. The molecule has 0 unspecified atom stereocenters. The van der Waals surface area contributed by atoms with Crippen molar-refractivity contribution in [1.29, 1.82) is 0 Å². The zero-order valence-corrected chi connectivity index (χ0v) is 12.8. The van der Waals surface area contributed by atoms with Gasteiger partial charge in [-0.15, -0.1) is 13.2 Å². The first-order valence-electron chi connectivity index (χ1n) is 6.86. The minimum absolute atomic E-state index is 0.196. The summed E-state index contributed by atoms with van der Waals surface area (Å²) in [6.07, 6.45) is 3.96. The summed E-state index contributed by atoms with van der Waals surface area (Å²) in [4.78, 5) is 2.26. The normalized spacial score (nSPS) is 10.5. The Morgan fingerprint density at radius 2 is 1.00 bits per heavy atom. The van der Waals surface area contributed by atoms with Gasteiger partial charge in [0.15, 0.2) is 23.3 Å². The molecular formula is C16H20F4N2. The second-order valence-corrected chi connectivity index (χ2v) is 4.95. The molecule has 1 aromatic rings. The zero-order chi connectivity index (χ0) is 16.9. The fourth-order valence-electron chi connectivity index (χ4n) is 2.07. The van der Waals surface area contributed by atoms with Gasteiger partial charge < -0.3 is 9.80 Å². The van der Waals surface area contributed by atoms with Gasteiger partial charge in [0, 0.05) is 27.2 Å². The summed E-state index contributed by atoms with van der Waals surface area (Å²) < 4.78 is 56.7. The lowest BCUT2D eigenvalue weighted by Crippen LogP contribution is -2.26. The average Bonchev–Trinajstić information content (AvgIpc) is 2.49. The van der Waals surface area contributed by atoms with Crippen LogP contribution in [0.15, 0.2) is 25.3 Å². The number of hydrogen-bond acceptors (Lipinski definition) is 2. The fraction of sp³-hybridized carbons (Fsp3) is 0.375. The maximum atomic E-state index is 14.2. The molecule has 1 aromatic carbocycles. The second-order valence-electron chi connectivity index (χ2n) is 4.95. The van der Waals surface area contributed by atoms with Crippen molar-refractivity contribution in [3.05, 3.63) is 48.6 Å². The highest BCUT2D eigenvalue weighted by Gasteiger charge is 2.29. The molecule has 22 heavy (non-hydrogen) atoms. The first kappa shape index (κ1) is 18.1. The van der Waals surface area contributed by atoms with Gasteiger partial charge in [0.1, 0.15) is 11.4 Å². The Balaban J connectivity index is 3.31. The van der Waals surface area contributed by atoms with E-state index in [4.69, 9.17) is 0 Å². The van der Waals surface area contributed by atoms with Gasteiger partial charge in [-0.05, 0) is 12.8 Å². The maximum Gasteiger partial charge on any atom is 0.187 e. The van der Waals surface area contributed by atoms with Crippen molar-refractivity contribution in [2.75, 3.05) is 37.0 Å². The van der Waals surface area contributed by atoms with Gasteiger partial charge in [-0.25, -0.2) is 17.6 Å². The molecule has 0 bridgehead atoms. The van der Waals surface area contributed by atoms with E-state index in [1.165, 1.54) is 14.1 Å². The van der Waals surface area contributed by atoms with E-state index in [2.05, 4.69) is 13.2 Å². The Morgan fingerprint density at radius 1 is 0.727 bits per heavy atom. The Labute approximate surface area is 128 Å². The van der Waals surface area contributed by atoms with Gasteiger partial charge in [0.2, 0.25) is 0 Å². The van der Waals surface area contributed by atoms with Crippen LogP contribution in [0.2, 0.25) is 0 Å². The van der Waals surface area contributed by atoms with E-state index >= 15 is 0 Å². The molecule has 1 rings (SSSR count). The lowest BCUT2D eigenvalue weighted by molar-refractivity contribution is 0.453. The lowest BCUT2D eigenvalue weighted by Gasteiger charge is -2.25. The Bertz CT molecular complexity index is 480. The van der Waals surface area contributed by atoms with Crippen molar-refractivity contribution < 1.29 is 17.6 Å². The summed E-state index contributed by atoms with van der Waals surface area (Å²) in [6.45, 7) is 7.38. The molecule has 0 saturated heterocycles. The van der Waals surface area contributed by atoms with Gasteiger partial charge in [-0.3, -0.25) is 0 Å². The van der Waals surface area contributed by atoms with Gasteiger partial charge in [0.25, 0.3) is 0 Å². The predicted octanol–water partition coefficient (Wildman–Crippen LogP) is 4.27. The highest BCUT2D eigenvalue weighted by atomic mass is 19.2. The second kappa shape index (κ2) is 7.87. The number of rotatable bonds is 8. The van der Waals surface area contributed by atoms with Crippen molar-refractivity contribution in [1.82, 2.24) is 0 Å². The molecule has 0 heterocycles. The SMILES string of the molecule is C=CCCN(C)c1c(F)c(F)c(N(C)CCC=C)c(F)c1F. The third kappa shape index (κ3) is 3.61. The van der Waals surface area contributed by atoms with Crippen molar-refractivity contribution in [2.24, 2.45) is 0 Å². The molecule has 6 heteroatoms. The van der Waals surface area contributed by atoms with Crippen LogP contribution in [0, 0.1) is 23.3 Å². The summed E-state index contributed by atoms with van der Waals surface area (Å²) in [5.74, 6) is -5.59. The van der Waals surface area contributed by atoms with Crippen molar-refractivity contribution >= 4 is 11.4 Å². The molecule has 0 aromatic heterocycles. The van der Waals surface area contributed by atoms with Crippen LogP contribution in [-0.4, -0.2) is 27.2 Å². The van der Waals surface area contributed by atoms with Crippen LogP contribution >= 0.6 is 0 Å². The number of halogens is 4. The number of nitrogens with zero attached hydrogens (tertiary/aromatic N) is 2. The third-order valence-electron chi connectivity index (χ3n) is 3.32. The largest absolute Gasteiger partial charge is 0.369 e. The highest BCUT2D eigenvalue weighted by Crippen LogP contribution is 2.35. The smallest absolute Gasteiger partial charge is 0.187 e. The molecule has 0 aliphatic heterocycles. The molecule has 0 saturated carbocycles. The minimum Gasteiger partial charge on any atom is -0.369 e. The first-order chi connectivity index (χ1) is 10.4. The summed E-state index contributed by atoms with van der Waals surface area (Å²) in [6, 6.07) is 0.